The van der Waals surface area contributed by atoms with Crippen molar-refractivity contribution in [1.29, 1.82) is 0 Å². The van der Waals surface area contributed by atoms with Crippen LogP contribution in [0.1, 0.15) is 45.8 Å². The highest BCUT2D eigenvalue weighted by molar-refractivity contribution is 7.09. The summed E-state index contributed by atoms with van der Waals surface area (Å²) in [5.41, 5.74) is 2.34. The number of thiazole rings is 1. The highest BCUT2D eigenvalue weighted by Crippen LogP contribution is 2.42. The highest BCUT2D eigenvalue weighted by Gasteiger charge is 2.35. The van der Waals surface area contributed by atoms with Gasteiger partial charge in [-0.05, 0) is 37.8 Å². The van der Waals surface area contributed by atoms with E-state index >= 15 is 0 Å². The Hall–Kier alpha value is -2.54. The molecule has 7 heteroatoms. The molecule has 1 atom stereocenters. The Bertz CT molecular complexity index is 913. The number of hydrogen-bond donors (Lipinski definition) is 1. The van der Waals surface area contributed by atoms with Crippen molar-refractivity contribution < 1.29 is 9.32 Å². The molecule has 25 heavy (non-hydrogen) atoms. The van der Waals surface area contributed by atoms with E-state index in [1.165, 1.54) is 0 Å². The Morgan fingerprint density at radius 3 is 2.80 bits per heavy atom. The van der Waals surface area contributed by atoms with Crippen LogP contribution in [0.5, 0.6) is 0 Å². The monoisotopic (exact) mass is 354 g/mol. The molecule has 1 N–H and O–H groups in total. The molecule has 0 radical (unpaired) electrons. The molecule has 2 aromatic heterocycles. The van der Waals surface area contributed by atoms with E-state index in [0.717, 1.165) is 29.1 Å². The van der Waals surface area contributed by atoms with E-state index in [4.69, 9.17) is 4.52 Å². The third-order valence-corrected chi connectivity index (χ3v) is 5.24. The fraction of sp³-hybridized carbons (Fsp3) is 0.333. The van der Waals surface area contributed by atoms with Gasteiger partial charge in [0.15, 0.2) is 0 Å². The Morgan fingerprint density at radius 2 is 2.16 bits per heavy atom. The lowest BCUT2D eigenvalue weighted by atomic mass is 10.1. The normalized spacial score (nSPS) is 15.1. The minimum absolute atomic E-state index is 0.0118. The first-order chi connectivity index (χ1) is 12.1. The smallest absolute Gasteiger partial charge is 0.251 e. The van der Waals surface area contributed by atoms with Crippen molar-refractivity contribution in [2.45, 2.75) is 32.7 Å². The quantitative estimate of drug-likeness (QED) is 0.756. The largest absolute Gasteiger partial charge is 0.343 e. The van der Waals surface area contributed by atoms with Crippen molar-refractivity contribution in [3.05, 3.63) is 51.8 Å². The second-order valence-corrected chi connectivity index (χ2v) is 7.22. The molecule has 1 amide bonds. The lowest BCUT2D eigenvalue weighted by Gasteiger charge is -2.16. The predicted octanol–water partition coefficient (Wildman–Crippen LogP) is 3.69. The fourth-order valence-corrected chi connectivity index (χ4v) is 3.71. The van der Waals surface area contributed by atoms with Crippen LogP contribution < -0.4 is 5.32 Å². The predicted molar refractivity (Wildman–Crippen MR) is 94.3 cm³/mol. The lowest BCUT2D eigenvalue weighted by Crippen LogP contribution is -2.29. The van der Waals surface area contributed by atoms with Crippen LogP contribution in [0.4, 0.5) is 0 Å². The minimum atomic E-state index is -0.105. The van der Waals surface area contributed by atoms with E-state index in [1.807, 2.05) is 24.4 Å². The molecular weight excluding hydrogens is 336 g/mol. The molecule has 1 fully saturated rings. The number of amides is 1. The molecule has 0 unspecified atom stereocenters. The van der Waals surface area contributed by atoms with Crippen molar-refractivity contribution in [1.82, 2.24) is 20.4 Å². The maximum atomic E-state index is 12.8. The van der Waals surface area contributed by atoms with Crippen LogP contribution in [0.25, 0.3) is 11.4 Å². The third kappa shape index (κ3) is 3.46. The Labute approximate surface area is 149 Å². The van der Waals surface area contributed by atoms with Gasteiger partial charge in [0.25, 0.3) is 5.91 Å². The second-order valence-electron chi connectivity index (χ2n) is 6.33. The molecule has 3 aromatic rings. The average Bonchev–Trinajstić information content (AvgIpc) is 3.22. The lowest BCUT2D eigenvalue weighted by molar-refractivity contribution is 0.0931. The summed E-state index contributed by atoms with van der Waals surface area (Å²) < 4.78 is 5.02. The molecular formula is C18H18N4O2S. The van der Waals surface area contributed by atoms with Crippen molar-refractivity contribution >= 4 is 17.2 Å². The number of nitrogens with zero attached hydrogens (tertiary/aromatic N) is 3. The van der Waals surface area contributed by atoms with Gasteiger partial charge in [-0.1, -0.05) is 17.3 Å². The summed E-state index contributed by atoms with van der Waals surface area (Å²) in [6, 6.07) is 7.26. The second kappa shape index (κ2) is 6.40. The van der Waals surface area contributed by atoms with Crippen LogP contribution in [-0.2, 0) is 0 Å². The summed E-state index contributed by atoms with van der Waals surface area (Å²) in [4.78, 5) is 21.5. The number of aryl methyl sites for hydroxylation is 2. The Morgan fingerprint density at radius 1 is 1.32 bits per heavy atom. The van der Waals surface area contributed by atoms with Gasteiger partial charge in [0, 0.05) is 29.1 Å². The van der Waals surface area contributed by atoms with Crippen LogP contribution >= 0.6 is 11.3 Å². The van der Waals surface area contributed by atoms with Gasteiger partial charge in [0.2, 0.25) is 11.7 Å². The van der Waals surface area contributed by atoms with Gasteiger partial charge in [-0.3, -0.25) is 4.79 Å². The summed E-state index contributed by atoms with van der Waals surface area (Å²) in [5, 5.41) is 10.1. The van der Waals surface area contributed by atoms with Gasteiger partial charge in [-0.15, -0.1) is 11.3 Å². The summed E-state index contributed by atoms with van der Waals surface area (Å²) in [5.74, 6) is 1.36. The van der Waals surface area contributed by atoms with Gasteiger partial charge in [0.1, 0.15) is 5.01 Å². The van der Waals surface area contributed by atoms with Gasteiger partial charge in [-0.25, -0.2) is 4.98 Å². The van der Waals surface area contributed by atoms with Crippen molar-refractivity contribution in [3.63, 3.8) is 0 Å². The number of benzene rings is 1. The first-order valence-corrected chi connectivity index (χ1v) is 9.12. The van der Waals surface area contributed by atoms with E-state index in [0.29, 0.717) is 23.2 Å². The third-order valence-electron chi connectivity index (χ3n) is 4.19. The van der Waals surface area contributed by atoms with Crippen LogP contribution in [0.3, 0.4) is 0 Å². The van der Waals surface area contributed by atoms with E-state index in [2.05, 4.69) is 20.4 Å². The number of aromatic nitrogens is 3. The fourth-order valence-electron chi connectivity index (χ4n) is 2.77. The first-order valence-electron chi connectivity index (χ1n) is 8.24. The van der Waals surface area contributed by atoms with E-state index in [1.54, 1.807) is 30.4 Å². The summed E-state index contributed by atoms with van der Waals surface area (Å²) in [6.45, 7) is 3.71. The Balaban J connectivity index is 1.56. The van der Waals surface area contributed by atoms with Crippen LogP contribution in [-0.4, -0.2) is 21.0 Å². The Kier molecular flexibility index (Phi) is 4.09. The van der Waals surface area contributed by atoms with E-state index in [9.17, 15) is 4.79 Å². The molecule has 0 aliphatic heterocycles. The molecule has 1 aliphatic rings. The zero-order chi connectivity index (χ0) is 17.4. The maximum absolute atomic E-state index is 12.8. The van der Waals surface area contributed by atoms with E-state index in [-0.39, 0.29) is 11.9 Å². The standard InChI is InChI=1S/C18H18N4O2S/c1-10-9-25-18(19-10)15(12-6-7-12)21-17(23)14-5-3-4-13(8-14)16-20-11(2)24-22-16/h3-5,8-9,12,15H,6-7H2,1-2H3,(H,21,23)/t15-/m1/s1. The van der Waals surface area contributed by atoms with Crippen LogP contribution in [0, 0.1) is 19.8 Å². The van der Waals surface area contributed by atoms with Crippen molar-refractivity contribution in [2.75, 3.05) is 0 Å². The molecule has 1 aromatic carbocycles. The average molecular weight is 354 g/mol. The molecule has 2 heterocycles. The molecule has 0 bridgehead atoms. The number of hydrogen-bond acceptors (Lipinski definition) is 6. The SMILES string of the molecule is Cc1csc([C@H](NC(=O)c2cccc(-c3noc(C)n3)c2)C2CC2)n1. The molecule has 0 spiro atoms. The molecule has 6 nitrogen and oxygen atoms in total. The number of rotatable bonds is 5. The molecule has 1 saturated carbocycles. The molecule has 128 valence electrons. The van der Waals surface area contributed by atoms with Crippen LogP contribution in [0.15, 0.2) is 34.2 Å². The summed E-state index contributed by atoms with van der Waals surface area (Å²) in [7, 11) is 0. The highest BCUT2D eigenvalue weighted by atomic mass is 32.1. The van der Waals surface area contributed by atoms with Crippen molar-refractivity contribution in [2.24, 2.45) is 5.92 Å². The minimum Gasteiger partial charge on any atom is -0.343 e. The van der Waals surface area contributed by atoms with Gasteiger partial charge in [-0.2, -0.15) is 4.98 Å². The number of nitrogens with one attached hydrogen (secondary N) is 1. The molecule has 0 saturated heterocycles. The zero-order valence-electron chi connectivity index (χ0n) is 14.0. The summed E-state index contributed by atoms with van der Waals surface area (Å²) in [6.07, 6.45) is 2.26. The summed E-state index contributed by atoms with van der Waals surface area (Å²) >= 11 is 1.61. The van der Waals surface area contributed by atoms with Crippen molar-refractivity contribution in [3.8, 4) is 11.4 Å². The van der Waals surface area contributed by atoms with Gasteiger partial charge < -0.3 is 9.84 Å². The van der Waals surface area contributed by atoms with Crippen LogP contribution in [0.2, 0.25) is 0 Å². The number of carbonyl (C=O) groups excluding carboxylic acids is 1. The van der Waals surface area contributed by atoms with Gasteiger partial charge in [0.05, 0.1) is 6.04 Å². The first kappa shape index (κ1) is 16.0. The number of carbonyl (C=O) groups is 1. The maximum Gasteiger partial charge on any atom is 0.251 e. The zero-order valence-corrected chi connectivity index (χ0v) is 14.8. The molecule has 1 aliphatic carbocycles. The van der Waals surface area contributed by atoms with E-state index < -0.39 is 0 Å². The topological polar surface area (TPSA) is 80.9 Å². The molecule has 4 rings (SSSR count). The van der Waals surface area contributed by atoms with Gasteiger partial charge >= 0.3 is 0 Å².